The van der Waals surface area contributed by atoms with Crippen molar-refractivity contribution in [3.8, 4) is 0 Å². The van der Waals surface area contributed by atoms with Gasteiger partial charge in [-0.05, 0) is 31.1 Å². The van der Waals surface area contributed by atoms with Gasteiger partial charge in [0.2, 0.25) is 0 Å². The van der Waals surface area contributed by atoms with Crippen LogP contribution in [0.5, 0.6) is 0 Å². The first-order valence-corrected chi connectivity index (χ1v) is 7.45. The van der Waals surface area contributed by atoms with Gasteiger partial charge in [0.15, 0.2) is 0 Å². The highest BCUT2D eigenvalue weighted by atomic mass is 14.9. The van der Waals surface area contributed by atoms with Crippen molar-refractivity contribution in [1.82, 2.24) is 15.3 Å². The van der Waals surface area contributed by atoms with Crippen molar-refractivity contribution < 1.29 is 0 Å². The second-order valence-electron chi connectivity index (χ2n) is 6.10. The van der Waals surface area contributed by atoms with Crippen molar-refractivity contribution in [2.24, 2.45) is 11.8 Å². The van der Waals surface area contributed by atoms with Crippen molar-refractivity contribution in [2.45, 2.75) is 58.4 Å². The topological polar surface area (TPSA) is 40.7 Å². The smallest absolute Gasteiger partial charge is 0.107 e. The zero-order chi connectivity index (χ0) is 12.8. The van der Waals surface area contributed by atoms with Crippen LogP contribution in [0.15, 0.2) is 12.4 Å². The molecule has 3 heteroatoms. The molecule has 2 N–H and O–H groups in total. The van der Waals surface area contributed by atoms with Crippen LogP contribution in [0, 0.1) is 11.8 Å². The molecule has 2 atom stereocenters. The van der Waals surface area contributed by atoms with Gasteiger partial charge in [-0.15, -0.1) is 0 Å². The lowest BCUT2D eigenvalue weighted by atomic mass is 9.81. The minimum absolute atomic E-state index is 0.734. The molecule has 2 rings (SSSR count). The number of aromatic amines is 1. The fraction of sp³-hybridized carbons (Fsp3) is 0.800. The molecule has 1 aliphatic rings. The molecule has 0 saturated heterocycles. The average Bonchev–Trinajstić information content (AvgIpc) is 2.82. The van der Waals surface area contributed by atoms with E-state index in [1.54, 1.807) is 0 Å². The summed E-state index contributed by atoms with van der Waals surface area (Å²) in [6, 6.07) is 0.734. The maximum Gasteiger partial charge on any atom is 0.107 e. The first kappa shape index (κ1) is 13.6. The molecule has 3 nitrogen and oxygen atoms in total. The molecule has 0 radical (unpaired) electrons. The monoisotopic (exact) mass is 249 g/mol. The van der Waals surface area contributed by atoms with E-state index in [9.17, 15) is 0 Å². The van der Waals surface area contributed by atoms with Crippen LogP contribution in [0.25, 0.3) is 0 Å². The largest absolute Gasteiger partial charge is 0.349 e. The molecule has 0 aromatic carbocycles. The molecule has 1 heterocycles. The zero-order valence-electron chi connectivity index (χ0n) is 11.8. The average molecular weight is 249 g/mol. The first-order valence-electron chi connectivity index (χ1n) is 7.45. The summed E-state index contributed by atoms with van der Waals surface area (Å²) in [5.74, 6) is 2.88. The van der Waals surface area contributed by atoms with E-state index in [0.717, 1.165) is 36.7 Å². The predicted octanol–water partition coefficient (Wildman–Crippen LogP) is 3.15. The quantitative estimate of drug-likeness (QED) is 0.813. The van der Waals surface area contributed by atoms with Crippen molar-refractivity contribution in [3.05, 3.63) is 18.2 Å². The number of nitrogens with one attached hydrogen (secondary N) is 2. The SMILES string of the molecule is CC(C)CC1CCCC(NCCc2ncc[nH]2)C1. The van der Waals surface area contributed by atoms with Gasteiger partial charge in [0.1, 0.15) is 5.82 Å². The van der Waals surface area contributed by atoms with E-state index in [1.807, 2.05) is 12.4 Å². The fourth-order valence-corrected chi connectivity index (χ4v) is 3.19. The van der Waals surface area contributed by atoms with Crippen molar-refractivity contribution in [2.75, 3.05) is 6.54 Å². The molecule has 1 aromatic rings. The van der Waals surface area contributed by atoms with Gasteiger partial charge in [-0.2, -0.15) is 0 Å². The molecule has 2 unspecified atom stereocenters. The molecule has 1 aromatic heterocycles. The molecule has 102 valence electrons. The van der Waals surface area contributed by atoms with Gasteiger partial charge >= 0.3 is 0 Å². The second-order valence-corrected chi connectivity index (χ2v) is 6.10. The maximum atomic E-state index is 4.26. The number of imidazole rings is 1. The van der Waals surface area contributed by atoms with E-state index in [-0.39, 0.29) is 0 Å². The highest BCUT2D eigenvalue weighted by Crippen LogP contribution is 2.29. The van der Waals surface area contributed by atoms with Crippen LogP contribution in [0.4, 0.5) is 0 Å². The van der Waals surface area contributed by atoms with Gasteiger partial charge in [0.25, 0.3) is 0 Å². The van der Waals surface area contributed by atoms with Crippen LogP contribution < -0.4 is 5.32 Å². The molecular formula is C15H27N3. The Morgan fingerprint density at radius 3 is 3.06 bits per heavy atom. The number of hydrogen-bond donors (Lipinski definition) is 2. The Bertz CT molecular complexity index is 318. The third-order valence-electron chi connectivity index (χ3n) is 3.94. The van der Waals surface area contributed by atoms with Gasteiger partial charge < -0.3 is 10.3 Å². The van der Waals surface area contributed by atoms with Gasteiger partial charge in [0.05, 0.1) is 0 Å². The van der Waals surface area contributed by atoms with Gasteiger partial charge in [-0.25, -0.2) is 4.98 Å². The zero-order valence-corrected chi connectivity index (χ0v) is 11.8. The van der Waals surface area contributed by atoms with Crippen LogP contribution in [0.3, 0.4) is 0 Å². The molecular weight excluding hydrogens is 222 g/mol. The fourth-order valence-electron chi connectivity index (χ4n) is 3.19. The summed E-state index contributed by atoms with van der Waals surface area (Å²) in [5, 5.41) is 3.70. The molecule has 1 aliphatic carbocycles. The summed E-state index contributed by atoms with van der Waals surface area (Å²) >= 11 is 0. The Morgan fingerprint density at radius 2 is 2.33 bits per heavy atom. The Morgan fingerprint density at radius 1 is 1.44 bits per heavy atom. The molecule has 0 amide bonds. The normalized spacial score (nSPS) is 24.6. The van der Waals surface area contributed by atoms with E-state index in [0.29, 0.717) is 0 Å². The molecule has 18 heavy (non-hydrogen) atoms. The number of rotatable bonds is 6. The number of nitrogens with zero attached hydrogens (tertiary/aromatic N) is 1. The summed E-state index contributed by atoms with van der Waals surface area (Å²) < 4.78 is 0. The summed E-state index contributed by atoms with van der Waals surface area (Å²) in [6.45, 7) is 5.73. The lowest BCUT2D eigenvalue weighted by Crippen LogP contribution is -2.35. The molecule has 1 fully saturated rings. The van der Waals surface area contributed by atoms with Crippen LogP contribution in [0.2, 0.25) is 0 Å². The van der Waals surface area contributed by atoms with E-state index in [1.165, 1.54) is 32.1 Å². The Labute approximate surface area is 111 Å². The lowest BCUT2D eigenvalue weighted by molar-refractivity contribution is 0.253. The Balaban J connectivity index is 1.66. The number of aromatic nitrogens is 2. The number of H-pyrrole nitrogens is 1. The summed E-state index contributed by atoms with van der Waals surface area (Å²) in [5.41, 5.74) is 0. The second kappa shape index (κ2) is 6.93. The van der Waals surface area contributed by atoms with Crippen LogP contribution in [-0.2, 0) is 6.42 Å². The Kier molecular flexibility index (Phi) is 5.24. The van der Waals surface area contributed by atoms with Crippen molar-refractivity contribution >= 4 is 0 Å². The van der Waals surface area contributed by atoms with Gasteiger partial charge in [-0.1, -0.05) is 26.7 Å². The minimum atomic E-state index is 0.734. The van der Waals surface area contributed by atoms with E-state index in [2.05, 4.69) is 29.1 Å². The third-order valence-corrected chi connectivity index (χ3v) is 3.94. The van der Waals surface area contributed by atoms with E-state index < -0.39 is 0 Å². The van der Waals surface area contributed by atoms with Gasteiger partial charge in [-0.3, -0.25) is 0 Å². The summed E-state index contributed by atoms with van der Waals surface area (Å²) in [4.78, 5) is 7.42. The standard InChI is InChI=1S/C15H27N3/c1-12(2)10-13-4-3-5-14(11-13)16-7-6-15-17-8-9-18-15/h8-9,12-14,16H,3-7,10-11H2,1-2H3,(H,17,18). The van der Waals surface area contributed by atoms with Crippen LogP contribution in [-0.4, -0.2) is 22.6 Å². The molecule has 1 saturated carbocycles. The molecule has 0 bridgehead atoms. The summed E-state index contributed by atoms with van der Waals surface area (Å²) in [6.07, 6.45) is 11.7. The van der Waals surface area contributed by atoms with Crippen molar-refractivity contribution in [1.29, 1.82) is 0 Å². The number of hydrogen-bond acceptors (Lipinski definition) is 2. The van der Waals surface area contributed by atoms with Crippen molar-refractivity contribution in [3.63, 3.8) is 0 Å². The van der Waals surface area contributed by atoms with Gasteiger partial charge in [0, 0.05) is 31.4 Å². The van der Waals surface area contributed by atoms with E-state index >= 15 is 0 Å². The predicted molar refractivity (Wildman–Crippen MR) is 75.5 cm³/mol. The highest BCUT2D eigenvalue weighted by molar-refractivity contribution is 4.88. The molecule has 0 spiro atoms. The molecule has 0 aliphatic heterocycles. The first-order chi connectivity index (χ1) is 8.74. The van der Waals surface area contributed by atoms with E-state index in [4.69, 9.17) is 0 Å². The minimum Gasteiger partial charge on any atom is -0.349 e. The Hall–Kier alpha value is -0.830. The highest BCUT2D eigenvalue weighted by Gasteiger charge is 2.21. The third kappa shape index (κ3) is 4.45. The van der Waals surface area contributed by atoms with Crippen LogP contribution >= 0.6 is 0 Å². The maximum absolute atomic E-state index is 4.26. The van der Waals surface area contributed by atoms with Crippen LogP contribution in [0.1, 0.15) is 51.8 Å². The summed E-state index contributed by atoms with van der Waals surface area (Å²) in [7, 11) is 0. The lowest BCUT2D eigenvalue weighted by Gasteiger charge is -2.30.